The van der Waals surface area contributed by atoms with Gasteiger partial charge >= 0.3 is 0 Å². The van der Waals surface area contributed by atoms with E-state index in [9.17, 15) is 4.79 Å². The minimum absolute atomic E-state index is 0.150. The molecule has 1 amide bonds. The Morgan fingerprint density at radius 1 is 1.21 bits per heavy atom. The molecule has 4 heteroatoms. The van der Waals surface area contributed by atoms with Crippen molar-refractivity contribution in [1.82, 2.24) is 10.2 Å². The highest BCUT2D eigenvalue weighted by Gasteiger charge is 2.45. The summed E-state index contributed by atoms with van der Waals surface area (Å²) >= 11 is 0. The van der Waals surface area contributed by atoms with Gasteiger partial charge in [-0.05, 0) is 62.8 Å². The van der Waals surface area contributed by atoms with Crippen LogP contribution in [0.25, 0.3) is 0 Å². The number of carbonyl (C=O) groups is 1. The van der Waals surface area contributed by atoms with Crippen molar-refractivity contribution in [3.8, 4) is 5.75 Å². The van der Waals surface area contributed by atoms with Crippen LogP contribution in [0.1, 0.15) is 50.0 Å². The van der Waals surface area contributed by atoms with E-state index in [2.05, 4.69) is 29.4 Å². The van der Waals surface area contributed by atoms with E-state index < -0.39 is 0 Å². The first-order chi connectivity index (χ1) is 11.7. The fraction of sp³-hybridized carbons (Fsp3) is 0.650. The van der Waals surface area contributed by atoms with Gasteiger partial charge in [0.15, 0.2) is 0 Å². The van der Waals surface area contributed by atoms with Gasteiger partial charge in [-0.15, -0.1) is 0 Å². The van der Waals surface area contributed by atoms with Crippen LogP contribution in [0.2, 0.25) is 0 Å². The molecule has 4 nitrogen and oxygen atoms in total. The number of nitrogens with zero attached hydrogens (tertiary/aromatic N) is 1. The van der Waals surface area contributed by atoms with Crippen LogP contribution in [0, 0.1) is 5.92 Å². The van der Waals surface area contributed by atoms with Crippen molar-refractivity contribution in [2.24, 2.45) is 5.92 Å². The van der Waals surface area contributed by atoms with Crippen molar-refractivity contribution in [2.45, 2.75) is 62.6 Å². The Labute approximate surface area is 144 Å². The second-order valence-corrected chi connectivity index (χ2v) is 7.81. The molecule has 3 aliphatic rings. The average Bonchev–Trinajstić information content (AvgIpc) is 3.37. The standard InChI is InChI=1S/C20H28N2O2/c1-22-15-6-4-7-16(22)11-14(10-15)21-20(23)19-12-18(19)13-5-3-8-17(9-13)24-2/h3,5,8-9,14-16,18-19H,4,6-7,10-12H2,1-2H3,(H,21,23)/t14?,15-,16+,18-,19-/m1/s1. The molecule has 130 valence electrons. The Morgan fingerprint density at radius 2 is 1.96 bits per heavy atom. The van der Waals surface area contributed by atoms with Gasteiger partial charge in [-0.1, -0.05) is 18.6 Å². The molecule has 1 aliphatic carbocycles. The van der Waals surface area contributed by atoms with Gasteiger partial charge in [-0.25, -0.2) is 0 Å². The molecule has 1 saturated carbocycles. The van der Waals surface area contributed by atoms with Gasteiger partial charge in [0.1, 0.15) is 5.75 Å². The van der Waals surface area contributed by atoms with Crippen molar-refractivity contribution in [3.63, 3.8) is 0 Å². The second kappa shape index (κ2) is 6.40. The summed E-state index contributed by atoms with van der Waals surface area (Å²) in [5.41, 5.74) is 1.23. The molecule has 1 N–H and O–H groups in total. The SMILES string of the molecule is COc1cccc([C@H]2C[C@H]2C(=O)NC2C[C@H]3CCC[C@@H](C2)N3C)c1. The zero-order valence-electron chi connectivity index (χ0n) is 14.7. The predicted molar refractivity (Wildman–Crippen MR) is 94.2 cm³/mol. The molecule has 1 unspecified atom stereocenters. The first-order valence-corrected chi connectivity index (χ1v) is 9.32. The lowest BCUT2D eigenvalue weighted by atomic mass is 9.82. The molecular formula is C20H28N2O2. The molecule has 2 saturated heterocycles. The van der Waals surface area contributed by atoms with Crippen LogP contribution >= 0.6 is 0 Å². The fourth-order valence-electron chi connectivity index (χ4n) is 4.77. The van der Waals surface area contributed by atoms with E-state index in [1.165, 1.54) is 24.8 Å². The van der Waals surface area contributed by atoms with Crippen molar-refractivity contribution in [1.29, 1.82) is 0 Å². The van der Waals surface area contributed by atoms with E-state index in [0.717, 1.165) is 25.0 Å². The molecule has 4 rings (SSSR count). The lowest BCUT2D eigenvalue weighted by Gasteiger charge is -2.47. The normalized spacial score (nSPS) is 35.3. The summed E-state index contributed by atoms with van der Waals surface area (Å²) in [7, 11) is 3.94. The van der Waals surface area contributed by atoms with E-state index in [1.54, 1.807) is 7.11 Å². The van der Waals surface area contributed by atoms with Crippen LogP contribution in [0.15, 0.2) is 24.3 Å². The Kier molecular flexibility index (Phi) is 4.25. The summed E-state index contributed by atoms with van der Waals surface area (Å²) in [6.07, 6.45) is 7.13. The summed E-state index contributed by atoms with van der Waals surface area (Å²) < 4.78 is 5.30. The van der Waals surface area contributed by atoms with Gasteiger partial charge < -0.3 is 15.0 Å². The van der Waals surface area contributed by atoms with Gasteiger partial charge in [0.2, 0.25) is 5.91 Å². The van der Waals surface area contributed by atoms with Crippen molar-refractivity contribution in [3.05, 3.63) is 29.8 Å². The first kappa shape index (κ1) is 15.9. The maximum atomic E-state index is 12.7. The number of hydrogen-bond donors (Lipinski definition) is 1. The van der Waals surface area contributed by atoms with Crippen LogP contribution in [0.5, 0.6) is 5.75 Å². The molecular weight excluding hydrogens is 300 g/mol. The first-order valence-electron chi connectivity index (χ1n) is 9.32. The van der Waals surface area contributed by atoms with E-state index in [0.29, 0.717) is 24.0 Å². The Balaban J connectivity index is 1.34. The Hall–Kier alpha value is -1.55. The summed E-state index contributed by atoms with van der Waals surface area (Å²) in [6, 6.07) is 9.85. The number of nitrogens with one attached hydrogen (secondary N) is 1. The van der Waals surface area contributed by atoms with Crippen molar-refractivity contribution in [2.75, 3.05) is 14.2 Å². The monoisotopic (exact) mass is 328 g/mol. The maximum Gasteiger partial charge on any atom is 0.223 e. The van der Waals surface area contributed by atoms with Crippen LogP contribution in [-0.2, 0) is 4.79 Å². The maximum absolute atomic E-state index is 12.7. The molecule has 0 spiro atoms. The topological polar surface area (TPSA) is 41.6 Å². The molecule has 1 aromatic rings. The Morgan fingerprint density at radius 3 is 2.67 bits per heavy atom. The van der Waals surface area contributed by atoms with Gasteiger partial charge in [-0.2, -0.15) is 0 Å². The molecule has 24 heavy (non-hydrogen) atoms. The smallest absolute Gasteiger partial charge is 0.223 e. The van der Waals surface area contributed by atoms with Crippen molar-refractivity contribution >= 4 is 5.91 Å². The van der Waals surface area contributed by atoms with E-state index in [4.69, 9.17) is 4.74 Å². The number of methoxy groups -OCH3 is 1. The molecule has 2 heterocycles. The average molecular weight is 328 g/mol. The van der Waals surface area contributed by atoms with Gasteiger partial charge in [0, 0.05) is 24.0 Å². The third kappa shape index (κ3) is 3.04. The van der Waals surface area contributed by atoms with Gasteiger partial charge in [-0.3, -0.25) is 4.79 Å². The van der Waals surface area contributed by atoms with Gasteiger partial charge in [0.05, 0.1) is 7.11 Å². The molecule has 1 aromatic carbocycles. The number of rotatable bonds is 4. The zero-order chi connectivity index (χ0) is 16.7. The summed E-state index contributed by atoms with van der Waals surface area (Å²) in [5, 5.41) is 3.36. The number of amides is 1. The lowest BCUT2D eigenvalue weighted by Crippen LogP contribution is -2.55. The van der Waals surface area contributed by atoms with Crippen LogP contribution in [-0.4, -0.2) is 43.1 Å². The molecule has 2 bridgehead atoms. The fourth-order valence-corrected chi connectivity index (χ4v) is 4.77. The molecule has 0 radical (unpaired) electrons. The number of ether oxygens (including phenoxy) is 1. The minimum Gasteiger partial charge on any atom is -0.497 e. The Bertz CT molecular complexity index is 603. The third-order valence-corrected chi connectivity index (χ3v) is 6.34. The quantitative estimate of drug-likeness (QED) is 0.924. The largest absolute Gasteiger partial charge is 0.497 e. The molecule has 3 fully saturated rings. The van der Waals surface area contributed by atoms with Crippen LogP contribution in [0.4, 0.5) is 0 Å². The third-order valence-electron chi connectivity index (χ3n) is 6.34. The minimum atomic E-state index is 0.150. The summed E-state index contributed by atoms with van der Waals surface area (Å²) in [5.74, 6) is 1.65. The number of piperidine rings is 2. The summed E-state index contributed by atoms with van der Waals surface area (Å²) in [6.45, 7) is 0. The second-order valence-electron chi connectivity index (χ2n) is 7.81. The highest BCUT2D eigenvalue weighted by Crippen LogP contribution is 2.48. The van der Waals surface area contributed by atoms with E-state index in [-0.39, 0.29) is 11.8 Å². The van der Waals surface area contributed by atoms with E-state index >= 15 is 0 Å². The highest BCUT2D eigenvalue weighted by molar-refractivity contribution is 5.83. The van der Waals surface area contributed by atoms with Crippen molar-refractivity contribution < 1.29 is 9.53 Å². The molecule has 2 aliphatic heterocycles. The molecule has 5 atom stereocenters. The predicted octanol–water partition coefficient (Wildman–Crippen LogP) is 2.93. The van der Waals surface area contributed by atoms with Crippen LogP contribution in [0.3, 0.4) is 0 Å². The van der Waals surface area contributed by atoms with Gasteiger partial charge in [0.25, 0.3) is 0 Å². The lowest BCUT2D eigenvalue weighted by molar-refractivity contribution is -0.123. The number of benzene rings is 1. The summed E-state index contributed by atoms with van der Waals surface area (Å²) in [4.78, 5) is 15.2. The van der Waals surface area contributed by atoms with Crippen LogP contribution < -0.4 is 10.1 Å². The highest BCUT2D eigenvalue weighted by atomic mass is 16.5. The molecule has 0 aromatic heterocycles. The van der Waals surface area contributed by atoms with E-state index in [1.807, 2.05) is 12.1 Å². The number of carbonyl (C=O) groups excluding carboxylic acids is 1. The number of fused-ring (bicyclic) bond motifs is 2. The zero-order valence-corrected chi connectivity index (χ0v) is 14.7. The number of hydrogen-bond acceptors (Lipinski definition) is 3.